The summed E-state index contributed by atoms with van der Waals surface area (Å²) in [5.41, 5.74) is 9.75. The fourth-order valence-electron chi connectivity index (χ4n) is 7.78. The summed E-state index contributed by atoms with van der Waals surface area (Å²) in [6.07, 6.45) is 0. The molecule has 0 bridgehead atoms. The van der Waals surface area contributed by atoms with Crippen LogP contribution in [0.15, 0.2) is 192 Å². The Labute approximate surface area is 290 Å². The monoisotopic (exact) mass is 637 g/mol. The number of benzene rings is 9. The van der Waals surface area contributed by atoms with E-state index in [4.69, 9.17) is 4.42 Å². The molecular formula is C48H31NO. The van der Waals surface area contributed by atoms with Crippen LogP contribution in [0, 0.1) is 0 Å². The predicted octanol–water partition coefficient (Wildman–Crippen LogP) is 13.8. The predicted molar refractivity (Wildman–Crippen MR) is 212 cm³/mol. The number of rotatable bonds is 5. The van der Waals surface area contributed by atoms with Crippen LogP contribution in [-0.4, -0.2) is 0 Å². The van der Waals surface area contributed by atoms with Crippen LogP contribution in [0.3, 0.4) is 0 Å². The highest BCUT2D eigenvalue weighted by Crippen LogP contribution is 2.48. The van der Waals surface area contributed by atoms with Crippen LogP contribution in [0.1, 0.15) is 0 Å². The average molecular weight is 638 g/mol. The van der Waals surface area contributed by atoms with E-state index in [-0.39, 0.29) is 0 Å². The van der Waals surface area contributed by atoms with Gasteiger partial charge in [0.1, 0.15) is 5.58 Å². The molecule has 0 spiro atoms. The summed E-state index contributed by atoms with van der Waals surface area (Å²) in [6, 6.07) is 67.5. The molecule has 2 nitrogen and oxygen atoms in total. The van der Waals surface area contributed by atoms with E-state index in [9.17, 15) is 0 Å². The summed E-state index contributed by atoms with van der Waals surface area (Å²) in [7, 11) is 0. The summed E-state index contributed by atoms with van der Waals surface area (Å²) in [4.78, 5) is 2.36. The fourth-order valence-corrected chi connectivity index (χ4v) is 7.78. The second-order valence-corrected chi connectivity index (χ2v) is 12.9. The number of hydrogen-bond acceptors (Lipinski definition) is 2. The maximum absolute atomic E-state index is 6.67. The third-order valence-corrected chi connectivity index (χ3v) is 10.0. The Morgan fingerprint density at radius 2 is 0.900 bits per heavy atom. The SMILES string of the molecule is c1ccc(-c2c(-c3ccccc3)c3cc(N(c4ccc5ccccc5c4)c4cccc5c4oc4ccccc45)ccc3c3ccccc23)cc1. The molecule has 234 valence electrons. The molecule has 0 N–H and O–H groups in total. The van der Waals surface area contributed by atoms with Gasteiger partial charge in [0.15, 0.2) is 5.58 Å². The minimum absolute atomic E-state index is 0.869. The van der Waals surface area contributed by atoms with Crippen molar-refractivity contribution in [3.63, 3.8) is 0 Å². The lowest BCUT2D eigenvalue weighted by Gasteiger charge is -2.27. The van der Waals surface area contributed by atoms with E-state index in [1.54, 1.807) is 0 Å². The summed E-state index contributed by atoms with van der Waals surface area (Å²) in [6.45, 7) is 0. The first-order chi connectivity index (χ1) is 24.8. The van der Waals surface area contributed by atoms with E-state index >= 15 is 0 Å². The van der Waals surface area contributed by atoms with Gasteiger partial charge in [-0.05, 0) is 91.0 Å². The van der Waals surface area contributed by atoms with Crippen molar-refractivity contribution >= 4 is 71.3 Å². The van der Waals surface area contributed by atoms with Crippen molar-refractivity contribution in [3.05, 3.63) is 188 Å². The van der Waals surface area contributed by atoms with E-state index in [1.807, 2.05) is 6.07 Å². The van der Waals surface area contributed by atoms with Gasteiger partial charge in [0.2, 0.25) is 0 Å². The van der Waals surface area contributed by atoms with E-state index in [0.29, 0.717) is 0 Å². The summed E-state index contributed by atoms with van der Waals surface area (Å²) >= 11 is 0. The highest BCUT2D eigenvalue weighted by Gasteiger charge is 2.22. The zero-order valence-electron chi connectivity index (χ0n) is 27.3. The average Bonchev–Trinajstić information content (AvgIpc) is 3.58. The normalized spacial score (nSPS) is 11.6. The zero-order valence-corrected chi connectivity index (χ0v) is 27.3. The molecule has 0 amide bonds. The Balaban J connectivity index is 1.32. The quantitative estimate of drug-likeness (QED) is 0.175. The van der Waals surface area contributed by atoms with Crippen molar-refractivity contribution in [1.29, 1.82) is 0 Å². The molecule has 10 rings (SSSR count). The molecule has 2 heteroatoms. The molecule has 0 fully saturated rings. The van der Waals surface area contributed by atoms with E-state index in [0.717, 1.165) is 39.0 Å². The molecule has 9 aromatic carbocycles. The van der Waals surface area contributed by atoms with Crippen molar-refractivity contribution < 1.29 is 4.42 Å². The fraction of sp³-hybridized carbons (Fsp3) is 0. The minimum Gasteiger partial charge on any atom is -0.454 e. The van der Waals surface area contributed by atoms with Gasteiger partial charge in [-0.25, -0.2) is 0 Å². The van der Waals surface area contributed by atoms with Gasteiger partial charge >= 0.3 is 0 Å². The number of hydrogen-bond donors (Lipinski definition) is 0. The van der Waals surface area contributed by atoms with Crippen molar-refractivity contribution in [1.82, 2.24) is 0 Å². The van der Waals surface area contributed by atoms with Gasteiger partial charge in [-0.15, -0.1) is 0 Å². The van der Waals surface area contributed by atoms with Crippen LogP contribution in [0.4, 0.5) is 17.1 Å². The Bertz CT molecular complexity index is 2870. The standard InChI is InChI=1S/C48H31NO/c1-3-15-33(16-4-1)46-41-22-10-9-20-38(41)39-29-28-37(31-43(39)47(46)34-17-5-2-6-18-34)49(36-27-26-32-14-7-8-19-35(32)30-36)44-24-13-23-42-40-21-11-12-25-45(40)50-48(42)44/h1-31H. The highest BCUT2D eigenvalue weighted by molar-refractivity contribution is 6.22. The molecule has 0 radical (unpaired) electrons. The van der Waals surface area contributed by atoms with Crippen molar-refractivity contribution in [3.8, 4) is 22.3 Å². The second-order valence-electron chi connectivity index (χ2n) is 12.9. The molecule has 1 heterocycles. The molecule has 10 aromatic rings. The van der Waals surface area contributed by atoms with Gasteiger partial charge in [-0.2, -0.15) is 0 Å². The molecule has 0 aliphatic carbocycles. The van der Waals surface area contributed by atoms with Crippen molar-refractivity contribution in [2.75, 3.05) is 4.90 Å². The number of anilines is 3. The Hall–Kier alpha value is -6.64. The molecule has 0 atom stereocenters. The molecule has 0 saturated carbocycles. The van der Waals surface area contributed by atoms with Gasteiger partial charge in [0.25, 0.3) is 0 Å². The van der Waals surface area contributed by atoms with Gasteiger partial charge in [-0.3, -0.25) is 0 Å². The third kappa shape index (κ3) is 4.50. The van der Waals surface area contributed by atoms with Crippen LogP contribution in [0.5, 0.6) is 0 Å². The second kappa shape index (κ2) is 11.5. The lowest BCUT2D eigenvalue weighted by atomic mass is 9.85. The molecule has 0 saturated heterocycles. The van der Waals surface area contributed by atoms with Gasteiger partial charge in [-0.1, -0.05) is 152 Å². The van der Waals surface area contributed by atoms with Crippen LogP contribution in [-0.2, 0) is 0 Å². The first-order valence-electron chi connectivity index (χ1n) is 17.1. The van der Waals surface area contributed by atoms with Crippen LogP contribution in [0.2, 0.25) is 0 Å². The smallest absolute Gasteiger partial charge is 0.159 e. The molecule has 0 aliphatic rings. The lowest BCUT2D eigenvalue weighted by Crippen LogP contribution is -2.10. The Morgan fingerprint density at radius 3 is 1.68 bits per heavy atom. The topological polar surface area (TPSA) is 16.4 Å². The van der Waals surface area contributed by atoms with Gasteiger partial charge in [0.05, 0.1) is 5.69 Å². The molecule has 0 unspecified atom stereocenters. The molecular weight excluding hydrogens is 607 g/mol. The zero-order chi connectivity index (χ0) is 33.0. The van der Waals surface area contributed by atoms with Crippen LogP contribution >= 0.6 is 0 Å². The van der Waals surface area contributed by atoms with E-state index < -0.39 is 0 Å². The molecule has 0 aliphatic heterocycles. The lowest BCUT2D eigenvalue weighted by molar-refractivity contribution is 0.669. The summed E-state index contributed by atoms with van der Waals surface area (Å²) in [5.74, 6) is 0. The number of fused-ring (bicyclic) bond motifs is 7. The number of furan rings is 1. The van der Waals surface area contributed by atoms with E-state index in [2.05, 4.69) is 187 Å². The summed E-state index contributed by atoms with van der Waals surface area (Å²) < 4.78 is 6.67. The Morgan fingerprint density at radius 1 is 0.340 bits per heavy atom. The maximum atomic E-state index is 6.67. The van der Waals surface area contributed by atoms with E-state index in [1.165, 1.54) is 54.6 Å². The number of para-hydroxylation sites is 2. The first kappa shape index (κ1) is 28.4. The largest absolute Gasteiger partial charge is 0.454 e. The molecule has 50 heavy (non-hydrogen) atoms. The van der Waals surface area contributed by atoms with Gasteiger partial charge in [0, 0.05) is 22.1 Å². The summed E-state index contributed by atoms with van der Waals surface area (Å²) in [5, 5.41) is 9.54. The molecule has 1 aromatic heterocycles. The van der Waals surface area contributed by atoms with Crippen LogP contribution in [0.25, 0.3) is 76.5 Å². The van der Waals surface area contributed by atoms with Crippen LogP contribution < -0.4 is 4.90 Å². The Kier molecular flexibility index (Phi) is 6.53. The van der Waals surface area contributed by atoms with Gasteiger partial charge < -0.3 is 9.32 Å². The number of nitrogens with zero attached hydrogens (tertiary/aromatic N) is 1. The third-order valence-electron chi connectivity index (χ3n) is 10.0. The minimum atomic E-state index is 0.869. The first-order valence-corrected chi connectivity index (χ1v) is 17.1. The maximum Gasteiger partial charge on any atom is 0.159 e. The highest BCUT2D eigenvalue weighted by atomic mass is 16.3. The van der Waals surface area contributed by atoms with Crippen molar-refractivity contribution in [2.45, 2.75) is 0 Å². The van der Waals surface area contributed by atoms with Crippen molar-refractivity contribution in [2.24, 2.45) is 0 Å².